The Morgan fingerprint density at radius 2 is 1.90 bits per heavy atom. The van der Waals surface area contributed by atoms with Gasteiger partial charge in [-0.2, -0.15) is 0 Å². The standard InChI is InChI=1S/C18H26OSi/c1-18(2)15-11-10-14(17(18)12-15)13-19-20(3,4)16-8-6-5-7-9-16/h5-10,15,17H,11-13H2,1-4H3/t15-,17-/m0/s1. The molecule has 1 aromatic rings. The molecule has 0 spiro atoms. The van der Waals surface area contributed by atoms with Crippen molar-refractivity contribution < 1.29 is 4.43 Å². The van der Waals surface area contributed by atoms with Crippen LogP contribution in [0.1, 0.15) is 26.7 Å². The van der Waals surface area contributed by atoms with Crippen LogP contribution in [0.2, 0.25) is 13.1 Å². The summed E-state index contributed by atoms with van der Waals surface area (Å²) in [4.78, 5) is 0. The predicted molar refractivity (Wildman–Crippen MR) is 87.6 cm³/mol. The lowest BCUT2D eigenvalue weighted by atomic mass is 9.49. The van der Waals surface area contributed by atoms with Crippen molar-refractivity contribution in [3.05, 3.63) is 42.0 Å². The van der Waals surface area contributed by atoms with Crippen molar-refractivity contribution in [1.82, 2.24) is 0 Å². The van der Waals surface area contributed by atoms with Crippen LogP contribution in [0.3, 0.4) is 0 Å². The van der Waals surface area contributed by atoms with Gasteiger partial charge in [-0.25, -0.2) is 0 Å². The fourth-order valence-electron chi connectivity index (χ4n) is 3.83. The quantitative estimate of drug-likeness (QED) is 0.598. The Hall–Kier alpha value is -0.863. The van der Waals surface area contributed by atoms with Gasteiger partial charge in [0.2, 0.25) is 8.32 Å². The van der Waals surface area contributed by atoms with Gasteiger partial charge in [-0.15, -0.1) is 0 Å². The molecule has 20 heavy (non-hydrogen) atoms. The number of benzene rings is 1. The Balaban J connectivity index is 1.67. The largest absolute Gasteiger partial charge is 0.409 e. The molecule has 0 N–H and O–H groups in total. The van der Waals surface area contributed by atoms with Crippen LogP contribution in [0.25, 0.3) is 0 Å². The second-order valence-corrected chi connectivity index (χ2v) is 11.4. The molecule has 0 aromatic heterocycles. The molecule has 0 saturated heterocycles. The lowest BCUT2D eigenvalue weighted by Crippen LogP contribution is -2.50. The molecule has 1 aromatic carbocycles. The van der Waals surface area contributed by atoms with Gasteiger partial charge in [-0.3, -0.25) is 0 Å². The van der Waals surface area contributed by atoms with Crippen LogP contribution in [0.15, 0.2) is 42.0 Å². The summed E-state index contributed by atoms with van der Waals surface area (Å²) in [7, 11) is -1.76. The highest BCUT2D eigenvalue weighted by Gasteiger charge is 2.51. The third kappa shape index (κ3) is 2.29. The molecule has 1 nitrogen and oxygen atoms in total. The second-order valence-electron chi connectivity index (χ2n) is 7.49. The van der Waals surface area contributed by atoms with Gasteiger partial charge >= 0.3 is 0 Å². The Bertz CT molecular complexity index is 515. The van der Waals surface area contributed by atoms with E-state index in [0.29, 0.717) is 5.41 Å². The van der Waals surface area contributed by atoms with Crippen molar-refractivity contribution in [3.63, 3.8) is 0 Å². The average Bonchev–Trinajstić information content (AvgIpc) is 2.46. The van der Waals surface area contributed by atoms with E-state index in [9.17, 15) is 0 Å². The number of fused-ring (bicyclic) bond motifs is 1. The molecule has 0 unspecified atom stereocenters. The third-order valence-corrected chi connectivity index (χ3v) is 8.24. The summed E-state index contributed by atoms with van der Waals surface area (Å²) in [5.41, 5.74) is 2.07. The molecule has 108 valence electrons. The van der Waals surface area contributed by atoms with Crippen LogP contribution in [0.5, 0.6) is 0 Å². The fourth-order valence-corrected chi connectivity index (χ4v) is 5.52. The monoisotopic (exact) mass is 286 g/mol. The smallest absolute Gasteiger partial charge is 0.218 e. The SMILES string of the molecule is CC1(C)[C@H]2CC=C(CO[Si](C)(C)c3ccccc3)[C@@H]1C2. The molecule has 1 saturated carbocycles. The van der Waals surface area contributed by atoms with E-state index in [1.165, 1.54) is 18.0 Å². The summed E-state index contributed by atoms with van der Waals surface area (Å²) in [5.74, 6) is 1.68. The summed E-state index contributed by atoms with van der Waals surface area (Å²) in [6.07, 6.45) is 5.10. The highest BCUT2D eigenvalue weighted by Crippen LogP contribution is 2.59. The molecule has 0 heterocycles. The van der Waals surface area contributed by atoms with Gasteiger partial charge in [0.05, 0.1) is 6.61 Å². The summed E-state index contributed by atoms with van der Waals surface area (Å²) < 4.78 is 6.41. The van der Waals surface area contributed by atoms with Crippen LogP contribution < -0.4 is 5.19 Å². The number of allylic oxidation sites excluding steroid dienone is 1. The molecule has 3 aliphatic rings. The van der Waals surface area contributed by atoms with Crippen LogP contribution in [-0.4, -0.2) is 14.9 Å². The topological polar surface area (TPSA) is 9.23 Å². The molecule has 2 heteroatoms. The first kappa shape index (κ1) is 14.1. The molecular formula is C18H26OSi. The first-order valence-electron chi connectivity index (χ1n) is 7.79. The fraction of sp³-hybridized carbons (Fsp3) is 0.556. The Labute approximate surface area is 124 Å². The van der Waals surface area contributed by atoms with E-state index in [2.05, 4.69) is 63.3 Å². The minimum Gasteiger partial charge on any atom is -0.409 e. The lowest BCUT2D eigenvalue weighted by molar-refractivity contribution is -0.0117. The molecule has 0 aliphatic heterocycles. The summed E-state index contributed by atoms with van der Waals surface area (Å²) in [5, 5.41) is 1.39. The van der Waals surface area contributed by atoms with E-state index in [-0.39, 0.29) is 0 Å². The van der Waals surface area contributed by atoms with E-state index < -0.39 is 8.32 Å². The molecule has 2 bridgehead atoms. The van der Waals surface area contributed by atoms with Crippen molar-refractivity contribution in [2.75, 3.05) is 6.61 Å². The van der Waals surface area contributed by atoms with Crippen molar-refractivity contribution >= 4 is 13.5 Å². The zero-order valence-corrected chi connectivity index (χ0v) is 14.1. The van der Waals surface area contributed by atoms with Gasteiger partial charge in [0.1, 0.15) is 0 Å². The van der Waals surface area contributed by atoms with Gasteiger partial charge in [-0.1, -0.05) is 50.3 Å². The number of rotatable bonds is 4. The molecule has 1 fully saturated rings. The van der Waals surface area contributed by atoms with Crippen LogP contribution in [0, 0.1) is 17.3 Å². The van der Waals surface area contributed by atoms with Crippen LogP contribution >= 0.6 is 0 Å². The van der Waals surface area contributed by atoms with Gasteiger partial charge in [0.15, 0.2) is 0 Å². The zero-order chi connectivity index (χ0) is 14.4. The van der Waals surface area contributed by atoms with Gasteiger partial charge < -0.3 is 4.43 Å². The van der Waals surface area contributed by atoms with Gasteiger partial charge in [0.25, 0.3) is 0 Å². The van der Waals surface area contributed by atoms with Crippen molar-refractivity contribution in [2.45, 2.75) is 39.8 Å². The van der Waals surface area contributed by atoms with E-state index in [1.54, 1.807) is 5.57 Å². The average molecular weight is 286 g/mol. The summed E-state index contributed by atoms with van der Waals surface area (Å²) >= 11 is 0. The van der Waals surface area contributed by atoms with Crippen LogP contribution in [0.4, 0.5) is 0 Å². The molecule has 3 aliphatic carbocycles. The minimum atomic E-state index is -1.76. The van der Waals surface area contributed by atoms with E-state index >= 15 is 0 Å². The Morgan fingerprint density at radius 3 is 2.50 bits per heavy atom. The zero-order valence-electron chi connectivity index (χ0n) is 13.1. The highest BCUT2D eigenvalue weighted by atomic mass is 28.4. The minimum absolute atomic E-state index is 0.506. The first-order valence-corrected chi connectivity index (χ1v) is 10.7. The summed E-state index contributed by atoms with van der Waals surface area (Å²) in [6.45, 7) is 10.3. The van der Waals surface area contributed by atoms with E-state index in [4.69, 9.17) is 4.43 Å². The van der Waals surface area contributed by atoms with Crippen molar-refractivity contribution in [1.29, 1.82) is 0 Å². The molecule has 0 radical (unpaired) electrons. The molecular weight excluding hydrogens is 260 g/mol. The highest BCUT2D eigenvalue weighted by molar-refractivity contribution is 6.84. The van der Waals surface area contributed by atoms with Gasteiger partial charge in [0, 0.05) is 0 Å². The maximum atomic E-state index is 6.41. The molecule has 4 rings (SSSR count). The first-order chi connectivity index (χ1) is 9.41. The van der Waals surface area contributed by atoms with Crippen molar-refractivity contribution in [2.24, 2.45) is 17.3 Å². The normalized spacial score (nSPS) is 27.7. The predicted octanol–water partition coefficient (Wildman–Crippen LogP) is 4.11. The second kappa shape index (κ2) is 4.85. The number of hydrogen-bond donors (Lipinski definition) is 0. The maximum absolute atomic E-state index is 6.41. The Kier molecular flexibility index (Phi) is 3.42. The van der Waals surface area contributed by atoms with Crippen LogP contribution in [-0.2, 0) is 4.43 Å². The summed E-state index contributed by atoms with van der Waals surface area (Å²) in [6, 6.07) is 10.7. The molecule has 2 atom stereocenters. The van der Waals surface area contributed by atoms with E-state index in [1.807, 2.05) is 0 Å². The van der Waals surface area contributed by atoms with Gasteiger partial charge in [-0.05, 0) is 53.9 Å². The van der Waals surface area contributed by atoms with Crippen molar-refractivity contribution in [3.8, 4) is 0 Å². The maximum Gasteiger partial charge on any atom is 0.218 e. The van der Waals surface area contributed by atoms with E-state index in [0.717, 1.165) is 18.4 Å². The lowest BCUT2D eigenvalue weighted by Gasteiger charge is -2.56. The molecule has 0 amide bonds. The third-order valence-electron chi connectivity index (χ3n) is 5.65. The Morgan fingerprint density at radius 1 is 1.20 bits per heavy atom. The number of hydrogen-bond acceptors (Lipinski definition) is 1.